The Hall–Kier alpha value is -3.14. The van der Waals surface area contributed by atoms with Gasteiger partial charge in [0.1, 0.15) is 23.3 Å². The van der Waals surface area contributed by atoms with E-state index < -0.39 is 17.8 Å². The molecule has 3 heterocycles. The number of alkyl halides is 3. The van der Waals surface area contributed by atoms with Gasteiger partial charge in [-0.2, -0.15) is 13.2 Å². The van der Waals surface area contributed by atoms with Crippen LogP contribution < -0.4 is 15.6 Å². The summed E-state index contributed by atoms with van der Waals surface area (Å²) in [7, 11) is 1.60. The molecule has 1 aromatic carbocycles. The Labute approximate surface area is 188 Å². The molecule has 0 spiro atoms. The molecule has 2 atom stereocenters. The third-order valence-electron chi connectivity index (χ3n) is 5.84. The van der Waals surface area contributed by atoms with Crippen LogP contribution in [0.25, 0.3) is 10.9 Å². The number of fused-ring (bicyclic) bond motifs is 1. The molecule has 1 aliphatic rings. The van der Waals surface area contributed by atoms with Crippen molar-refractivity contribution in [3.63, 3.8) is 0 Å². The van der Waals surface area contributed by atoms with E-state index in [1.165, 1.54) is 17.6 Å². The van der Waals surface area contributed by atoms with Crippen LogP contribution in [0.15, 0.2) is 29.1 Å². The number of hydrogen-bond acceptors (Lipinski definition) is 6. The summed E-state index contributed by atoms with van der Waals surface area (Å²) in [4.78, 5) is 21.7. The number of pyridine rings is 1. The first-order chi connectivity index (χ1) is 15.6. The zero-order valence-electron chi connectivity index (χ0n) is 18.8. The summed E-state index contributed by atoms with van der Waals surface area (Å²) >= 11 is 0. The number of ether oxygens (including phenoxy) is 2. The lowest BCUT2D eigenvalue weighted by atomic mass is 9.97. The Morgan fingerprint density at radius 1 is 1.27 bits per heavy atom. The molecule has 10 heteroatoms. The molecule has 176 valence electrons. The van der Waals surface area contributed by atoms with Gasteiger partial charge in [0.2, 0.25) is 0 Å². The highest BCUT2D eigenvalue weighted by Gasteiger charge is 2.33. The molecule has 2 aromatic heterocycles. The molecule has 33 heavy (non-hydrogen) atoms. The van der Waals surface area contributed by atoms with E-state index in [-0.39, 0.29) is 22.7 Å². The normalized spacial score (nSPS) is 17.4. The predicted octanol–water partition coefficient (Wildman–Crippen LogP) is 4.30. The standard InChI is InChI=1S/C23H25F3N4O3/c1-12-16(6-5-7-18(12)23(24,25)26)13(2)27-21-17-10-19(33-15-8-9-32-11-15)30(4)22(31)20(17)28-14(3)29-21/h5-7,10,13,15H,8-9,11H2,1-4H3,(H,27,28,29)/t13-,15-/m0/s1. The van der Waals surface area contributed by atoms with Crippen molar-refractivity contribution in [3.05, 3.63) is 57.1 Å². The molecule has 1 N–H and O–H groups in total. The van der Waals surface area contributed by atoms with Crippen molar-refractivity contribution in [2.24, 2.45) is 7.05 Å². The molecular weight excluding hydrogens is 437 g/mol. The van der Waals surface area contributed by atoms with Crippen LogP contribution >= 0.6 is 0 Å². The summed E-state index contributed by atoms with van der Waals surface area (Å²) in [5.41, 5.74) is -0.201. The quantitative estimate of drug-likeness (QED) is 0.609. The largest absolute Gasteiger partial charge is 0.473 e. The molecular formula is C23H25F3N4O3. The van der Waals surface area contributed by atoms with Gasteiger partial charge in [-0.3, -0.25) is 9.36 Å². The van der Waals surface area contributed by atoms with Gasteiger partial charge in [-0.15, -0.1) is 0 Å². The second kappa shape index (κ2) is 8.66. The number of aromatic nitrogens is 3. The highest BCUT2D eigenvalue weighted by molar-refractivity contribution is 5.89. The maximum Gasteiger partial charge on any atom is 0.416 e. The van der Waals surface area contributed by atoms with E-state index >= 15 is 0 Å². The van der Waals surface area contributed by atoms with Crippen LogP contribution in [0.3, 0.4) is 0 Å². The van der Waals surface area contributed by atoms with Gasteiger partial charge in [0.05, 0.1) is 30.2 Å². The number of aryl methyl sites for hydroxylation is 1. The van der Waals surface area contributed by atoms with Crippen LogP contribution in [0, 0.1) is 13.8 Å². The van der Waals surface area contributed by atoms with Gasteiger partial charge in [-0.05, 0) is 38.0 Å². The van der Waals surface area contributed by atoms with Crippen LogP contribution in [0.1, 0.15) is 41.9 Å². The first-order valence-corrected chi connectivity index (χ1v) is 10.6. The van der Waals surface area contributed by atoms with Crippen LogP contribution in [0.4, 0.5) is 19.0 Å². The molecule has 0 amide bonds. The predicted molar refractivity (Wildman–Crippen MR) is 118 cm³/mol. The molecule has 1 fully saturated rings. The highest BCUT2D eigenvalue weighted by Crippen LogP contribution is 2.35. The lowest BCUT2D eigenvalue weighted by Crippen LogP contribution is -2.25. The Morgan fingerprint density at radius 3 is 2.70 bits per heavy atom. The van der Waals surface area contributed by atoms with Crippen molar-refractivity contribution >= 4 is 16.7 Å². The summed E-state index contributed by atoms with van der Waals surface area (Å²) in [6, 6.07) is 5.27. The number of halogens is 3. The number of anilines is 1. The molecule has 0 radical (unpaired) electrons. The lowest BCUT2D eigenvalue weighted by molar-refractivity contribution is -0.138. The molecule has 1 aliphatic heterocycles. The molecule has 0 bridgehead atoms. The summed E-state index contributed by atoms with van der Waals surface area (Å²) in [5, 5.41) is 3.62. The van der Waals surface area contributed by atoms with E-state index in [1.807, 2.05) is 0 Å². The van der Waals surface area contributed by atoms with Crippen LogP contribution in [-0.4, -0.2) is 33.9 Å². The minimum absolute atomic E-state index is 0.140. The summed E-state index contributed by atoms with van der Waals surface area (Å²) in [5.74, 6) is 1.07. The number of nitrogens with zero attached hydrogens (tertiary/aromatic N) is 3. The third kappa shape index (κ3) is 4.52. The minimum Gasteiger partial charge on any atom is -0.473 e. The van der Waals surface area contributed by atoms with Crippen LogP contribution in [0.2, 0.25) is 0 Å². The molecule has 0 aliphatic carbocycles. The third-order valence-corrected chi connectivity index (χ3v) is 5.84. The van der Waals surface area contributed by atoms with Gasteiger partial charge >= 0.3 is 6.18 Å². The molecule has 0 saturated carbocycles. The van der Waals surface area contributed by atoms with Gasteiger partial charge in [0.25, 0.3) is 5.56 Å². The maximum atomic E-state index is 13.4. The Morgan fingerprint density at radius 2 is 2.03 bits per heavy atom. The van der Waals surface area contributed by atoms with Gasteiger partial charge < -0.3 is 14.8 Å². The van der Waals surface area contributed by atoms with Crippen molar-refractivity contribution in [2.45, 2.75) is 45.5 Å². The van der Waals surface area contributed by atoms with E-state index in [0.717, 1.165) is 6.07 Å². The SMILES string of the molecule is Cc1nc(N[C@@H](C)c2cccc(C(F)(F)F)c2C)c2cc(O[C@H]3CCOC3)n(C)c(=O)c2n1. The van der Waals surface area contributed by atoms with Crippen LogP contribution in [-0.2, 0) is 18.0 Å². The highest BCUT2D eigenvalue weighted by atomic mass is 19.4. The number of benzene rings is 1. The number of hydrogen-bond donors (Lipinski definition) is 1. The average molecular weight is 462 g/mol. The van der Waals surface area contributed by atoms with E-state index in [0.29, 0.717) is 48.1 Å². The second-order valence-electron chi connectivity index (χ2n) is 8.22. The zero-order valence-corrected chi connectivity index (χ0v) is 18.8. The minimum atomic E-state index is -4.44. The van der Waals surface area contributed by atoms with Crippen molar-refractivity contribution < 1.29 is 22.6 Å². The smallest absolute Gasteiger partial charge is 0.416 e. The van der Waals surface area contributed by atoms with Crippen molar-refractivity contribution in [2.75, 3.05) is 18.5 Å². The van der Waals surface area contributed by atoms with Gasteiger partial charge in [0, 0.05) is 19.5 Å². The van der Waals surface area contributed by atoms with Gasteiger partial charge in [0.15, 0.2) is 5.88 Å². The fourth-order valence-corrected chi connectivity index (χ4v) is 4.07. The van der Waals surface area contributed by atoms with E-state index in [1.54, 1.807) is 33.0 Å². The lowest BCUT2D eigenvalue weighted by Gasteiger charge is -2.21. The Kier molecular flexibility index (Phi) is 6.04. The van der Waals surface area contributed by atoms with Crippen molar-refractivity contribution in [1.82, 2.24) is 14.5 Å². The Bertz CT molecular complexity index is 1250. The monoisotopic (exact) mass is 462 g/mol. The zero-order chi connectivity index (χ0) is 23.9. The van der Waals surface area contributed by atoms with E-state index in [4.69, 9.17) is 9.47 Å². The number of rotatable bonds is 5. The van der Waals surface area contributed by atoms with Crippen LogP contribution in [0.5, 0.6) is 5.88 Å². The topological polar surface area (TPSA) is 78.3 Å². The molecule has 7 nitrogen and oxygen atoms in total. The van der Waals surface area contributed by atoms with Crippen molar-refractivity contribution in [1.29, 1.82) is 0 Å². The number of nitrogens with one attached hydrogen (secondary N) is 1. The van der Waals surface area contributed by atoms with E-state index in [2.05, 4.69) is 15.3 Å². The maximum absolute atomic E-state index is 13.4. The summed E-state index contributed by atoms with van der Waals surface area (Å²) in [6.45, 7) is 5.89. The fraction of sp³-hybridized carbons (Fsp3) is 0.435. The average Bonchev–Trinajstić information content (AvgIpc) is 3.25. The van der Waals surface area contributed by atoms with Gasteiger partial charge in [-0.1, -0.05) is 12.1 Å². The summed E-state index contributed by atoms with van der Waals surface area (Å²) < 4.78 is 52.8. The van der Waals surface area contributed by atoms with Gasteiger partial charge in [-0.25, -0.2) is 9.97 Å². The molecule has 0 unspecified atom stereocenters. The fourth-order valence-electron chi connectivity index (χ4n) is 4.07. The van der Waals surface area contributed by atoms with E-state index in [9.17, 15) is 18.0 Å². The Balaban J connectivity index is 1.76. The van der Waals surface area contributed by atoms with Crippen molar-refractivity contribution in [3.8, 4) is 5.88 Å². The summed E-state index contributed by atoms with van der Waals surface area (Å²) in [6.07, 6.45) is -3.89. The first-order valence-electron chi connectivity index (χ1n) is 10.6. The first kappa shape index (κ1) is 23.0. The molecule has 3 aromatic rings. The second-order valence-corrected chi connectivity index (χ2v) is 8.22. The molecule has 1 saturated heterocycles. The molecule has 4 rings (SSSR count).